The number of rotatable bonds is 7. The van der Waals surface area contributed by atoms with Crippen LogP contribution in [0.5, 0.6) is 5.75 Å². The summed E-state index contributed by atoms with van der Waals surface area (Å²) in [5.41, 5.74) is 1.74. The van der Waals surface area contributed by atoms with E-state index >= 15 is 0 Å². The highest BCUT2D eigenvalue weighted by Crippen LogP contribution is 2.23. The molecule has 3 aromatic rings. The number of aryl methyl sites for hydroxylation is 1. The highest BCUT2D eigenvalue weighted by molar-refractivity contribution is 7.99. The maximum absolute atomic E-state index is 12.1. The van der Waals surface area contributed by atoms with Gasteiger partial charge in [-0.3, -0.25) is 14.3 Å². The summed E-state index contributed by atoms with van der Waals surface area (Å²) in [6.07, 6.45) is 1.70. The molecule has 8 heteroatoms. The quantitative estimate of drug-likeness (QED) is 0.644. The molecule has 1 amide bonds. The number of hydrogen-bond donors (Lipinski definition) is 1. The molecule has 1 aromatic carbocycles. The number of amides is 1. The maximum atomic E-state index is 12.1. The number of thioether (sulfide) groups is 1. The summed E-state index contributed by atoms with van der Waals surface area (Å²) in [7, 11) is 1.63. The van der Waals surface area contributed by atoms with E-state index in [9.17, 15) is 4.79 Å². The average molecular weight is 369 g/mol. The summed E-state index contributed by atoms with van der Waals surface area (Å²) < 4.78 is 7.10. The zero-order valence-corrected chi connectivity index (χ0v) is 15.4. The molecular formula is C18H19N5O2S. The van der Waals surface area contributed by atoms with E-state index in [2.05, 4.69) is 20.5 Å². The minimum absolute atomic E-state index is 0.0809. The lowest BCUT2D eigenvalue weighted by atomic mass is 10.3. The van der Waals surface area contributed by atoms with Gasteiger partial charge in [0.15, 0.2) is 5.16 Å². The second-order valence-electron chi connectivity index (χ2n) is 5.45. The number of benzene rings is 1. The molecule has 0 atom stereocenters. The van der Waals surface area contributed by atoms with Gasteiger partial charge < -0.3 is 10.1 Å². The number of nitrogens with one attached hydrogen (secondary N) is 1. The van der Waals surface area contributed by atoms with Crippen molar-refractivity contribution in [3.63, 3.8) is 0 Å². The van der Waals surface area contributed by atoms with Crippen LogP contribution >= 0.6 is 11.8 Å². The molecule has 2 heterocycles. The van der Waals surface area contributed by atoms with Crippen LogP contribution < -0.4 is 10.1 Å². The predicted octanol–water partition coefficient (Wildman–Crippen LogP) is 2.39. The van der Waals surface area contributed by atoms with Gasteiger partial charge in [-0.2, -0.15) is 0 Å². The summed E-state index contributed by atoms with van der Waals surface area (Å²) in [5, 5.41) is 11.8. The normalized spacial score (nSPS) is 10.5. The van der Waals surface area contributed by atoms with E-state index in [1.165, 1.54) is 11.8 Å². The topological polar surface area (TPSA) is 81.9 Å². The SMILES string of the molecule is COc1ccc(-n2c(C)nnc2SCC(=O)NCc2ccccn2)cc1. The molecule has 0 saturated heterocycles. The molecule has 26 heavy (non-hydrogen) atoms. The van der Waals surface area contributed by atoms with E-state index in [0.717, 1.165) is 23.0 Å². The Bertz CT molecular complexity index is 865. The summed E-state index contributed by atoms with van der Waals surface area (Å²) in [6, 6.07) is 13.2. The number of pyridine rings is 1. The Morgan fingerprint density at radius 3 is 2.69 bits per heavy atom. The Hall–Kier alpha value is -2.87. The van der Waals surface area contributed by atoms with Crippen LogP contribution in [0.2, 0.25) is 0 Å². The number of hydrogen-bond acceptors (Lipinski definition) is 6. The fourth-order valence-corrected chi connectivity index (χ4v) is 3.17. The van der Waals surface area contributed by atoms with E-state index < -0.39 is 0 Å². The van der Waals surface area contributed by atoms with Gasteiger partial charge in [0, 0.05) is 11.9 Å². The Kier molecular flexibility index (Phi) is 5.85. The van der Waals surface area contributed by atoms with Gasteiger partial charge >= 0.3 is 0 Å². The Morgan fingerprint density at radius 2 is 2.00 bits per heavy atom. The molecule has 2 aromatic heterocycles. The van der Waals surface area contributed by atoms with E-state index in [-0.39, 0.29) is 11.7 Å². The van der Waals surface area contributed by atoms with Crippen molar-refractivity contribution in [1.29, 1.82) is 0 Å². The summed E-state index contributed by atoms with van der Waals surface area (Å²) in [5.74, 6) is 1.71. The number of ether oxygens (including phenoxy) is 1. The Morgan fingerprint density at radius 1 is 1.19 bits per heavy atom. The van der Waals surface area contributed by atoms with Crippen LogP contribution in [-0.4, -0.2) is 38.5 Å². The van der Waals surface area contributed by atoms with Crippen LogP contribution in [-0.2, 0) is 11.3 Å². The van der Waals surface area contributed by atoms with Crippen LogP contribution in [0, 0.1) is 6.92 Å². The highest BCUT2D eigenvalue weighted by Gasteiger charge is 2.13. The molecule has 0 aliphatic carbocycles. The van der Waals surface area contributed by atoms with E-state index in [4.69, 9.17) is 4.74 Å². The number of methoxy groups -OCH3 is 1. The van der Waals surface area contributed by atoms with Crippen molar-refractivity contribution < 1.29 is 9.53 Å². The molecule has 0 spiro atoms. The van der Waals surface area contributed by atoms with Gasteiger partial charge in [0.2, 0.25) is 5.91 Å². The first-order valence-electron chi connectivity index (χ1n) is 8.03. The second-order valence-corrected chi connectivity index (χ2v) is 6.39. The van der Waals surface area contributed by atoms with Gasteiger partial charge in [-0.15, -0.1) is 10.2 Å². The van der Waals surface area contributed by atoms with Gasteiger partial charge in [-0.05, 0) is 43.3 Å². The fraction of sp³-hybridized carbons (Fsp3) is 0.222. The molecule has 0 radical (unpaired) electrons. The third kappa shape index (κ3) is 4.40. The van der Waals surface area contributed by atoms with Gasteiger partial charge in [0.1, 0.15) is 11.6 Å². The molecular weight excluding hydrogens is 350 g/mol. The van der Waals surface area contributed by atoms with Crippen molar-refractivity contribution in [3.8, 4) is 11.4 Å². The van der Waals surface area contributed by atoms with Crippen molar-refractivity contribution in [1.82, 2.24) is 25.1 Å². The van der Waals surface area contributed by atoms with Crippen molar-refractivity contribution in [2.45, 2.75) is 18.6 Å². The Balaban J connectivity index is 1.62. The summed E-state index contributed by atoms with van der Waals surface area (Å²) in [6.45, 7) is 2.28. The monoisotopic (exact) mass is 369 g/mol. The molecule has 3 rings (SSSR count). The third-order valence-corrected chi connectivity index (χ3v) is 4.58. The maximum Gasteiger partial charge on any atom is 0.230 e. The number of carbonyl (C=O) groups is 1. The van der Waals surface area contributed by atoms with Crippen molar-refractivity contribution in [3.05, 3.63) is 60.2 Å². The standard InChI is InChI=1S/C18H19N5O2S/c1-13-21-22-18(23(13)15-6-8-16(25-2)9-7-15)26-12-17(24)20-11-14-5-3-4-10-19-14/h3-10H,11-12H2,1-2H3,(H,20,24). The van der Waals surface area contributed by atoms with Crippen molar-refractivity contribution in [2.24, 2.45) is 0 Å². The first kappa shape index (κ1) is 17.9. The van der Waals surface area contributed by atoms with Crippen LogP contribution in [0.3, 0.4) is 0 Å². The highest BCUT2D eigenvalue weighted by atomic mass is 32.2. The molecule has 0 bridgehead atoms. The van der Waals surface area contributed by atoms with Gasteiger partial charge in [-0.1, -0.05) is 17.8 Å². The zero-order chi connectivity index (χ0) is 18.4. The summed E-state index contributed by atoms with van der Waals surface area (Å²) in [4.78, 5) is 16.3. The third-order valence-electron chi connectivity index (χ3n) is 3.65. The molecule has 7 nitrogen and oxygen atoms in total. The van der Waals surface area contributed by atoms with E-state index in [1.54, 1.807) is 13.3 Å². The molecule has 0 unspecified atom stereocenters. The Labute approximate surface area is 155 Å². The van der Waals surface area contributed by atoms with E-state index in [0.29, 0.717) is 11.7 Å². The number of nitrogens with zero attached hydrogens (tertiary/aromatic N) is 4. The lowest BCUT2D eigenvalue weighted by Gasteiger charge is -2.09. The molecule has 0 aliphatic heterocycles. The minimum atomic E-state index is -0.0809. The summed E-state index contributed by atoms with van der Waals surface area (Å²) >= 11 is 1.34. The predicted molar refractivity (Wildman–Crippen MR) is 99.5 cm³/mol. The van der Waals surface area contributed by atoms with Crippen LogP contribution in [0.15, 0.2) is 53.8 Å². The number of aromatic nitrogens is 4. The van der Waals surface area contributed by atoms with Crippen molar-refractivity contribution >= 4 is 17.7 Å². The lowest BCUT2D eigenvalue weighted by Crippen LogP contribution is -2.25. The lowest BCUT2D eigenvalue weighted by molar-refractivity contribution is -0.118. The molecule has 0 fully saturated rings. The minimum Gasteiger partial charge on any atom is -0.497 e. The molecule has 134 valence electrons. The van der Waals surface area contributed by atoms with E-state index in [1.807, 2.05) is 54.0 Å². The smallest absolute Gasteiger partial charge is 0.230 e. The average Bonchev–Trinajstić information content (AvgIpc) is 3.06. The fourth-order valence-electron chi connectivity index (χ4n) is 2.34. The molecule has 0 aliphatic rings. The number of carbonyl (C=O) groups excluding carboxylic acids is 1. The molecule has 1 N–H and O–H groups in total. The van der Waals surface area contributed by atoms with Gasteiger partial charge in [-0.25, -0.2) is 0 Å². The first-order chi connectivity index (χ1) is 12.7. The van der Waals surface area contributed by atoms with Gasteiger partial charge in [0.05, 0.1) is 25.1 Å². The van der Waals surface area contributed by atoms with Crippen LogP contribution in [0.25, 0.3) is 5.69 Å². The van der Waals surface area contributed by atoms with Gasteiger partial charge in [0.25, 0.3) is 0 Å². The second kappa shape index (κ2) is 8.48. The first-order valence-corrected chi connectivity index (χ1v) is 9.02. The molecule has 0 saturated carbocycles. The largest absolute Gasteiger partial charge is 0.497 e. The zero-order valence-electron chi connectivity index (χ0n) is 14.5. The van der Waals surface area contributed by atoms with Crippen LogP contribution in [0.4, 0.5) is 0 Å². The van der Waals surface area contributed by atoms with Crippen LogP contribution in [0.1, 0.15) is 11.5 Å². The van der Waals surface area contributed by atoms with Crippen molar-refractivity contribution in [2.75, 3.05) is 12.9 Å².